The van der Waals surface area contributed by atoms with Crippen molar-refractivity contribution in [2.75, 3.05) is 7.11 Å². The van der Waals surface area contributed by atoms with E-state index in [0.717, 1.165) is 44.1 Å². The van der Waals surface area contributed by atoms with Crippen LogP contribution in [0.1, 0.15) is 71.6 Å². The van der Waals surface area contributed by atoms with Gasteiger partial charge in [0.1, 0.15) is 5.60 Å². The highest BCUT2D eigenvalue weighted by molar-refractivity contribution is 14.1. The van der Waals surface area contributed by atoms with Crippen molar-refractivity contribution >= 4 is 40.3 Å². The van der Waals surface area contributed by atoms with Crippen molar-refractivity contribution in [2.45, 2.75) is 80.7 Å². The molecule has 1 aliphatic heterocycles. The molecule has 6 heteroatoms. The molecule has 3 saturated carbocycles. The highest BCUT2D eigenvalue weighted by atomic mass is 127. The topological polar surface area (TPSA) is 69.7 Å². The monoisotopic (exact) mass is 526 g/mol. The summed E-state index contributed by atoms with van der Waals surface area (Å²) in [5.41, 5.74) is 0.586. The maximum atomic E-state index is 13.1. The Morgan fingerprint density at radius 1 is 1.13 bits per heavy atom. The van der Waals surface area contributed by atoms with Crippen LogP contribution in [0, 0.1) is 28.6 Å². The molecule has 5 rings (SSSR count). The summed E-state index contributed by atoms with van der Waals surface area (Å²) in [6.07, 6.45) is 9.06. The number of ketones is 1. The van der Waals surface area contributed by atoms with Gasteiger partial charge in [-0.15, -0.1) is 0 Å². The van der Waals surface area contributed by atoms with Gasteiger partial charge in [-0.1, -0.05) is 42.0 Å². The van der Waals surface area contributed by atoms with Crippen LogP contribution in [-0.2, 0) is 23.9 Å². The van der Waals surface area contributed by atoms with E-state index in [2.05, 4.69) is 36.4 Å². The molecule has 164 valence electrons. The number of rotatable bonds is 1. The SMILES string of the molecule is COC(=O)[C@@H]1CC2=CC(=O)CCC2(C)[C@@]2(I)CCC3(C)[C@@H](CCC34CCC(=O)O4)C12. The molecule has 7 atom stereocenters. The third-order valence-electron chi connectivity index (χ3n) is 9.94. The van der Waals surface area contributed by atoms with Crippen molar-refractivity contribution in [3.8, 4) is 0 Å². The van der Waals surface area contributed by atoms with Gasteiger partial charge in [0, 0.05) is 27.1 Å². The minimum absolute atomic E-state index is 0.0701. The highest BCUT2D eigenvalue weighted by Gasteiger charge is 2.73. The summed E-state index contributed by atoms with van der Waals surface area (Å²) < 4.78 is 11.2. The third-order valence-corrected chi connectivity index (χ3v) is 12.4. The first-order valence-corrected chi connectivity index (χ1v) is 12.4. The first kappa shape index (κ1) is 21.0. The van der Waals surface area contributed by atoms with Crippen LogP contribution in [0.25, 0.3) is 0 Å². The first-order chi connectivity index (χ1) is 14.1. The molecule has 0 radical (unpaired) electrons. The molecule has 4 fully saturated rings. The molecule has 0 aromatic rings. The molecular formula is C24H31IO5. The summed E-state index contributed by atoms with van der Waals surface area (Å²) in [6.45, 7) is 4.63. The van der Waals surface area contributed by atoms with E-state index in [0.29, 0.717) is 25.2 Å². The van der Waals surface area contributed by atoms with Crippen LogP contribution in [0.2, 0.25) is 0 Å². The minimum Gasteiger partial charge on any atom is -0.469 e. The molecule has 1 saturated heterocycles. The average Bonchev–Trinajstić information content (AvgIpc) is 3.23. The van der Waals surface area contributed by atoms with Crippen LogP contribution in [-0.4, -0.2) is 33.9 Å². The van der Waals surface area contributed by atoms with Gasteiger partial charge in [0.25, 0.3) is 0 Å². The number of hydrogen-bond donors (Lipinski definition) is 0. The number of esters is 2. The van der Waals surface area contributed by atoms with Gasteiger partial charge >= 0.3 is 11.9 Å². The first-order valence-electron chi connectivity index (χ1n) is 11.3. The molecule has 30 heavy (non-hydrogen) atoms. The van der Waals surface area contributed by atoms with Gasteiger partial charge in [-0.3, -0.25) is 14.4 Å². The van der Waals surface area contributed by atoms with E-state index >= 15 is 0 Å². The Labute approximate surface area is 191 Å². The highest BCUT2D eigenvalue weighted by Crippen LogP contribution is 2.74. The third kappa shape index (κ3) is 2.43. The predicted molar refractivity (Wildman–Crippen MR) is 119 cm³/mol. The fourth-order valence-electron chi connectivity index (χ4n) is 8.16. The second-order valence-electron chi connectivity index (χ2n) is 10.7. The number of carbonyl (C=O) groups is 3. The molecule has 1 spiro atoms. The number of fused-ring (bicyclic) bond motifs is 6. The van der Waals surface area contributed by atoms with Crippen LogP contribution in [0.4, 0.5) is 0 Å². The summed E-state index contributed by atoms with van der Waals surface area (Å²) >= 11 is 2.66. The molecule has 0 amide bonds. The van der Waals surface area contributed by atoms with Crippen LogP contribution in [0.5, 0.6) is 0 Å². The second kappa shape index (κ2) is 6.55. The van der Waals surface area contributed by atoms with Crippen molar-refractivity contribution in [3.05, 3.63) is 11.6 Å². The van der Waals surface area contributed by atoms with Gasteiger partial charge in [0.05, 0.1) is 13.0 Å². The van der Waals surface area contributed by atoms with Crippen LogP contribution < -0.4 is 0 Å². The lowest BCUT2D eigenvalue weighted by Crippen LogP contribution is -2.65. The van der Waals surface area contributed by atoms with Gasteiger partial charge in [0.2, 0.25) is 0 Å². The minimum atomic E-state index is -0.368. The molecule has 0 N–H and O–H groups in total. The fourth-order valence-corrected chi connectivity index (χ4v) is 9.91. The van der Waals surface area contributed by atoms with Crippen molar-refractivity contribution in [2.24, 2.45) is 28.6 Å². The average molecular weight is 526 g/mol. The number of methoxy groups -OCH3 is 1. The summed E-state index contributed by atoms with van der Waals surface area (Å²) in [4.78, 5) is 37.4. The molecular weight excluding hydrogens is 495 g/mol. The number of alkyl halides is 1. The smallest absolute Gasteiger partial charge is 0.309 e. The molecule has 5 nitrogen and oxygen atoms in total. The van der Waals surface area contributed by atoms with Gasteiger partial charge in [-0.05, 0) is 62.9 Å². The molecule has 4 unspecified atom stereocenters. The Morgan fingerprint density at radius 3 is 2.57 bits per heavy atom. The van der Waals surface area contributed by atoms with E-state index in [1.807, 2.05) is 6.08 Å². The summed E-state index contributed by atoms with van der Waals surface area (Å²) in [6, 6.07) is 0. The Balaban J connectivity index is 1.63. The molecule has 0 aromatic heterocycles. The van der Waals surface area contributed by atoms with E-state index < -0.39 is 0 Å². The maximum absolute atomic E-state index is 13.1. The standard InChI is InChI=1S/C24H31IO5/c1-21-7-4-15(26)12-14(21)13-16(20(28)29-3)19-17-5-8-23(9-6-18(27)30-23)22(17,2)10-11-24(19,21)25/h12,16-17,19H,4-11,13H2,1-3H3/t16-,17+,19?,21?,22?,23?,24-/m1/s1. The summed E-state index contributed by atoms with van der Waals surface area (Å²) in [5, 5.41) is 0. The van der Waals surface area contributed by atoms with Crippen LogP contribution in [0.3, 0.4) is 0 Å². The summed E-state index contributed by atoms with van der Waals surface area (Å²) in [7, 11) is 1.47. The van der Waals surface area contributed by atoms with Gasteiger partial charge in [0.15, 0.2) is 5.78 Å². The van der Waals surface area contributed by atoms with Crippen molar-refractivity contribution in [3.63, 3.8) is 0 Å². The summed E-state index contributed by atoms with van der Waals surface area (Å²) in [5.74, 6) is 0.194. The van der Waals surface area contributed by atoms with Crippen LogP contribution in [0.15, 0.2) is 11.6 Å². The van der Waals surface area contributed by atoms with E-state index in [4.69, 9.17) is 9.47 Å². The lowest BCUT2D eigenvalue weighted by Gasteiger charge is -2.65. The van der Waals surface area contributed by atoms with Crippen molar-refractivity contribution in [1.29, 1.82) is 0 Å². The zero-order valence-corrected chi connectivity index (χ0v) is 20.3. The number of halogens is 1. The number of ether oxygens (including phenoxy) is 2. The van der Waals surface area contributed by atoms with Gasteiger partial charge in [-0.25, -0.2) is 0 Å². The van der Waals surface area contributed by atoms with E-state index in [1.165, 1.54) is 7.11 Å². The maximum Gasteiger partial charge on any atom is 0.309 e. The van der Waals surface area contributed by atoms with Crippen LogP contribution >= 0.6 is 22.6 Å². The molecule has 0 aromatic carbocycles. The fraction of sp³-hybridized carbons (Fsp3) is 0.792. The number of hydrogen-bond acceptors (Lipinski definition) is 5. The van der Waals surface area contributed by atoms with E-state index in [1.54, 1.807) is 0 Å². The molecule has 4 aliphatic carbocycles. The normalized spacial score (nSPS) is 49.7. The second-order valence-corrected chi connectivity index (χ2v) is 12.6. The lowest BCUT2D eigenvalue weighted by molar-refractivity contribution is -0.173. The van der Waals surface area contributed by atoms with E-state index in [-0.39, 0.29) is 49.4 Å². The number of carbonyl (C=O) groups excluding carboxylic acids is 3. The lowest BCUT2D eigenvalue weighted by atomic mass is 9.44. The quantitative estimate of drug-likeness (QED) is 0.285. The Kier molecular flexibility index (Phi) is 4.57. The van der Waals surface area contributed by atoms with Gasteiger partial charge < -0.3 is 9.47 Å². The Morgan fingerprint density at radius 2 is 1.90 bits per heavy atom. The van der Waals surface area contributed by atoms with Crippen molar-refractivity contribution < 1.29 is 23.9 Å². The van der Waals surface area contributed by atoms with Crippen molar-refractivity contribution in [1.82, 2.24) is 0 Å². The Bertz CT molecular complexity index is 866. The molecule has 1 heterocycles. The predicted octanol–water partition coefficient (Wildman–Crippen LogP) is 4.55. The number of allylic oxidation sites excluding steroid dienone is 1. The molecule has 0 bridgehead atoms. The van der Waals surface area contributed by atoms with Gasteiger partial charge in [-0.2, -0.15) is 0 Å². The Hall–Kier alpha value is -0.920. The zero-order valence-electron chi connectivity index (χ0n) is 18.1. The zero-order chi connectivity index (χ0) is 21.5. The van der Waals surface area contributed by atoms with E-state index in [9.17, 15) is 14.4 Å². The molecule has 5 aliphatic rings. The largest absolute Gasteiger partial charge is 0.469 e.